The number of benzene rings is 1. The van der Waals surface area contributed by atoms with E-state index in [1.807, 2.05) is 0 Å². The molecule has 0 bridgehead atoms. The predicted molar refractivity (Wildman–Crippen MR) is 76.6 cm³/mol. The molecule has 2 unspecified atom stereocenters. The lowest BCUT2D eigenvalue weighted by molar-refractivity contribution is 0.171. The van der Waals surface area contributed by atoms with Crippen molar-refractivity contribution in [3.63, 3.8) is 0 Å². The van der Waals surface area contributed by atoms with E-state index in [0.29, 0.717) is 31.2 Å². The number of nitrogen functional groups attached to an aromatic ring is 1. The molecular formula is C15H17FN4O. The molecule has 1 aromatic heterocycles. The Hall–Kier alpha value is -2.05. The SMILES string of the molecule is Nc1ccnc(CN2CC(O)CC2c2ccc(F)cc2)n1. The molecule has 1 saturated heterocycles. The summed E-state index contributed by atoms with van der Waals surface area (Å²) in [7, 11) is 0. The third-order valence-electron chi connectivity index (χ3n) is 3.71. The lowest BCUT2D eigenvalue weighted by Gasteiger charge is -2.23. The van der Waals surface area contributed by atoms with Crippen LogP contribution in [0.15, 0.2) is 36.5 Å². The number of nitrogens with two attached hydrogens (primary N) is 1. The van der Waals surface area contributed by atoms with Gasteiger partial charge in [-0.25, -0.2) is 14.4 Å². The van der Waals surface area contributed by atoms with Gasteiger partial charge >= 0.3 is 0 Å². The highest BCUT2D eigenvalue weighted by Crippen LogP contribution is 2.33. The molecule has 0 aliphatic carbocycles. The first-order chi connectivity index (χ1) is 10.1. The summed E-state index contributed by atoms with van der Waals surface area (Å²) in [6.07, 6.45) is 1.84. The first-order valence-corrected chi connectivity index (χ1v) is 6.87. The van der Waals surface area contributed by atoms with E-state index in [1.165, 1.54) is 12.1 Å². The molecule has 2 aromatic rings. The fourth-order valence-electron chi connectivity index (χ4n) is 2.76. The Bertz CT molecular complexity index is 619. The van der Waals surface area contributed by atoms with Gasteiger partial charge in [0.1, 0.15) is 17.5 Å². The van der Waals surface area contributed by atoms with Gasteiger partial charge in [-0.1, -0.05) is 12.1 Å². The zero-order chi connectivity index (χ0) is 14.8. The number of aliphatic hydroxyl groups is 1. The van der Waals surface area contributed by atoms with Crippen LogP contribution in [0.2, 0.25) is 0 Å². The largest absolute Gasteiger partial charge is 0.392 e. The van der Waals surface area contributed by atoms with Crippen molar-refractivity contribution in [3.8, 4) is 0 Å². The molecule has 1 aliphatic rings. The van der Waals surface area contributed by atoms with E-state index in [2.05, 4.69) is 14.9 Å². The van der Waals surface area contributed by atoms with Crippen molar-refractivity contribution in [3.05, 3.63) is 53.7 Å². The van der Waals surface area contributed by atoms with Crippen LogP contribution < -0.4 is 5.73 Å². The summed E-state index contributed by atoms with van der Waals surface area (Å²) in [4.78, 5) is 10.5. The monoisotopic (exact) mass is 288 g/mol. The molecule has 110 valence electrons. The van der Waals surface area contributed by atoms with Crippen molar-refractivity contribution in [2.75, 3.05) is 12.3 Å². The number of hydrogen-bond acceptors (Lipinski definition) is 5. The molecule has 0 amide bonds. The van der Waals surface area contributed by atoms with Crippen LogP contribution in [0.1, 0.15) is 23.9 Å². The molecule has 2 atom stereocenters. The molecule has 1 fully saturated rings. The topological polar surface area (TPSA) is 75.3 Å². The van der Waals surface area contributed by atoms with Gasteiger partial charge in [0.2, 0.25) is 0 Å². The van der Waals surface area contributed by atoms with Crippen LogP contribution in [-0.2, 0) is 6.54 Å². The minimum absolute atomic E-state index is 0.0330. The maximum absolute atomic E-state index is 13.0. The van der Waals surface area contributed by atoms with E-state index < -0.39 is 6.10 Å². The number of rotatable bonds is 3. The molecule has 3 rings (SSSR count). The maximum Gasteiger partial charge on any atom is 0.144 e. The Kier molecular flexibility index (Phi) is 3.81. The highest BCUT2D eigenvalue weighted by molar-refractivity contribution is 5.25. The van der Waals surface area contributed by atoms with Gasteiger partial charge in [-0.2, -0.15) is 0 Å². The van der Waals surface area contributed by atoms with Crippen LogP contribution in [-0.4, -0.2) is 32.6 Å². The third-order valence-corrected chi connectivity index (χ3v) is 3.71. The fraction of sp³-hybridized carbons (Fsp3) is 0.333. The van der Waals surface area contributed by atoms with Crippen LogP contribution in [0.25, 0.3) is 0 Å². The van der Waals surface area contributed by atoms with Crippen molar-refractivity contribution in [2.24, 2.45) is 0 Å². The minimum atomic E-state index is -0.402. The highest BCUT2D eigenvalue weighted by Gasteiger charge is 2.32. The summed E-state index contributed by atoms with van der Waals surface area (Å²) in [5, 5.41) is 9.94. The Balaban J connectivity index is 1.80. The number of anilines is 1. The van der Waals surface area contributed by atoms with Crippen molar-refractivity contribution >= 4 is 5.82 Å². The van der Waals surface area contributed by atoms with E-state index in [9.17, 15) is 9.50 Å². The Labute approximate surface area is 122 Å². The number of aromatic nitrogens is 2. The van der Waals surface area contributed by atoms with E-state index >= 15 is 0 Å². The summed E-state index contributed by atoms with van der Waals surface area (Å²) in [5.41, 5.74) is 6.65. The number of likely N-dealkylation sites (tertiary alicyclic amines) is 1. The van der Waals surface area contributed by atoms with Gasteiger partial charge in [-0.05, 0) is 30.2 Å². The Morgan fingerprint density at radius 2 is 2.05 bits per heavy atom. The first-order valence-electron chi connectivity index (χ1n) is 6.87. The highest BCUT2D eigenvalue weighted by atomic mass is 19.1. The third kappa shape index (κ3) is 3.17. The van der Waals surface area contributed by atoms with E-state index in [4.69, 9.17) is 5.73 Å². The van der Waals surface area contributed by atoms with E-state index in [1.54, 1.807) is 24.4 Å². The minimum Gasteiger partial charge on any atom is -0.392 e. The molecule has 0 spiro atoms. The van der Waals surface area contributed by atoms with Gasteiger partial charge in [0.25, 0.3) is 0 Å². The van der Waals surface area contributed by atoms with Gasteiger partial charge in [-0.15, -0.1) is 0 Å². The summed E-state index contributed by atoms with van der Waals surface area (Å²) in [6, 6.07) is 8.06. The maximum atomic E-state index is 13.0. The average Bonchev–Trinajstić information content (AvgIpc) is 2.80. The zero-order valence-electron chi connectivity index (χ0n) is 11.5. The molecule has 0 radical (unpaired) electrons. The summed E-state index contributed by atoms with van der Waals surface area (Å²) in [5.74, 6) is 0.789. The molecule has 6 heteroatoms. The number of β-amino-alcohol motifs (C(OH)–C–C–N with tert-alkyl or cyclic N) is 1. The van der Waals surface area contributed by atoms with E-state index in [-0.39, 0.29) is 11.9 Å². The number of halogens is 1. The van der Waals surface area contributed by atoms with Crippen LogP contribution >= 0.6 is 0 Å². The van der Waals surface area contributed by atoms with Crippen LogP contribution in [0.5, 0.6) is 0 Å². The molecule has 1 aliphatic heterocycles. The van der Waals surface area contributed by atoms with Gasteiger partial charge in [0, 0.05) is 18.8 Å². The molecule has 21 heavy (non-hydrogen) atoms. The summed E-state index contributed by atoms with van der Waals surface area (Å²) >= 11 is 0. The standard InChI is InChI=1S/C15H17FN4O/c16-11-3-1-10(2-4-11)13-7-12(21)8-20(13)9-15-18-6-5-14(17)19-15/h1-6,12-13,21H,7-9H2,(H2,17,18,19). The average molecular weight is 288 g/mol. The van der Waals surface area contributed by atoms with Crippen molar-refractivity contribution in [2.45, 2.75) is 25.1 Å². The van der Waals surface area contributed by atoms with Crippen molar-refractivity contribution in [1.82, 2.24) is 14.9 Å². The second-order valence-electron chi connectivity index (χ2n) is 5.28. The van der Waals surface area contributed by atoms with Gasteiger partial charge < -0.3 is 10.8 Å². The molecular weight excluding hydrogens is 271 g/mol. The predicted octanol–water partition coefficient (Wildman–Crippen LogP) is 1.51. The Morgan fingerprint density at radius 3 is 2.76 bits per heavy atom. The van der Waals surface area contributed by atoms with Crippen molar-refractivity contribution < 1.29 is 9.50 Å². The van der Waals surface area contributed by atoms with Crippen molar-refractivity contribution in [1.29, 1.82) is 0 Å². The zero-order valence-corrected chi connectivity index (χ0v) is 11.5. The van der Waals surface area contributed by atoms with E-state index in [0.717, 1.165) is 5.56 Å². The lowest BCUT2D eigenvalue weighted by Crippen LogP contribution is -2.25. The normalized spacial score (nSPS) is 22.6. The van der Waals surface area contributed by atoms with Crippen LogP contribution in [0, 0.1) is 5.82 Å². The van der Waals surface area contributed by atoms with Crippen LogP contribution in [0.3, 0.4) is 0 Å². The quantitative estimate of drug-likeness (QED) is 0.895. The molecule has 1 aromatic carbocycles. The summed E-state index contributed by atoms with van der Waals surface area (Å²) < 4.78 is 13.0. The van der Waals surface area contributed by atoms with Gasteiger partial charge in [-0.3, -0.25) is 4.90 Å². The molecule has 3 N–H and O–H groups in total. The second kappa shape index (κ2) is 5.75. The molecule has 0 saturated carbocycles. The summed E-state index contributed by atoms with van der Waals surface area (Å²) in [6.45, 7) is 1.05. The number of aliphatic hydroxyl groups excluding tert-OH is 1. The fourth-order valence-corrected chi connectivity index (χ4v) is 2.76. The lowest BCUT2D eigenvalue weighted by atomic mass is 10.0. The number of nitrogens with zero attached hydrogens (tertiary/aromatic N) is 3. The number of hydrogen-bond donors (Lipinski definition) is 2. The molecule has 2 heterocycles. The Morgan fingerprint density at radius 1 is 1.29 bits per heavy atom. The molecule has 5 nitrogen and oxygen atoms in total. The van der Waals surface area contributed by atoms with Gasteiger partial charge in [0.15, 0.2) is 0 Å². The second-order valence-corrected chi connectivity index (χ2v) is 5.28. The first kappa shape index (κ1) is 13.9. The van der Waals surface area contributed by atoms with Gasteiger partial charge in [0.05, 0.1) is 12.6 Å². The smallest absolute Gasteiger partial charge is 0.144 e. The van der Waals surface area contributed by atoms with Crippen LogP contribution in [0.4, 0.5) is 10.2 Å².